The van der Waals surface area contributed by atoms with Gasteiger partial charge in [-0.3, -0.25) is 9.59 Å². The van der Waals surface area contributed by atoms with Gasteiger partial charge in [0.2, 0.25) is 5.91 Å². The molecule has 1 fully saturated rings. The lowest BCUT2D eigenvalue weighted by atomic mass is 10.1. The van der Waals surface area contributed by atoms with E-state index in [1.165, 1.54) is 4.90 Å². The van der Waals surface area contributed by atoms with E-state index in [4.69, 9.17) is 5.11 Å². The fraction of sp³-hybridized carbons (Fsp3) is 0.769. The lowest BCUT2D eigenvalue weighted by Gasteiger charge is -2.32. The average molecular weight is 285 g/mol. The Bertz CT molecular complexity index is 386. The molecule has 7 heteroatoms. The molecular formula is C13H23N3O4. The fourth-order valence-corrected chi connectivity index (χ4v) is 2.16. The zero-order valence-corrected chi connectivity index (χ0v) is 12.3. The van der Waals surface area contributed by atoms with Crippen LogP contribution in [0.25, 0.3) is 0 Å². The first kappa shape index (κ1) is 16.3. The summed E-state index contributed by atoms with van der Waals surface area (Å²) in [4.78, 5) is 37.4. The molecule has 1 heterocycles. The maximum Gasteiger partial charge on any atom is 0.317 e. The highest BCUT2D eigenvalue weighted by Gasteiger charge is 2.26. The zero-order valence-electron chi connectivity index (χ0n) is 12.3. The molecule has 2 atom stereocenters. The van der Waals surface area contributed by atoms with Crippen molar-refractivity contribution in [2.75, 3.05) is 26.7 Å². The van der Waals surface area contributed by atoms with Gasteiger partial charge >= 0.3 is 12.0 Å². The van der Waals surface area contributed by atoms with Crippen molar-refractivity contribution in [1.82, 2.24) is 15.1 Å². The second-order valence-electron chi connectivity index (χ2n) is 5.24. The van der Waals surface area contributed by atoms with E-state index in [0.717, 1.165) is 0 Å². The van der Waals surface area contributed by atoms with E-state index in [2.05, 4.69) is 5.32 Å². The lowest BCUT2D eigenvalue weighted by Crippen LogP contribution is -2.52. The third-order valence-electron chi connectivity index (χ3n) is 3.54. The van der Waals surface area contributed by atoms with Crippen molar-refractivity contribution in [2.24, 2.45) is 5.92 Å². The molecule has 1 aliphatic rings. The first-order valence-corrected chi connectivity index (χ1v) is 6.87. The van der Waals surface area contributed by atoms with Gasteiger partial charge in [0.25, 0.3) is 0 Å². The lowest BCUT2D eigenvalue weighted by molar-refractivity contribution is -0.141. The maximum atomic E-state index is 12.1. The molecule has 0 saturated carbocycles. The number of nitrogens with zero attached hydrogens (tertiary/aromatic N) is 2. The number of likely N-dealkylation sites (tertiary alicyclic amines) is 1. The van der Waals surface area contributed by atoms with E-state index in [9.17, 15) is 14.4 Å². The monoisotopic (exact) mass is 285 g/mol. The van der Waals surface area contributed by atoms with E-state index in [0.29, 0.717) is 25.9 Å². The van der Waals surface area contributed by atoms with Crippen molar-refractivity contribution in [3.8, 4) is 0 Å². The van der Waals surface area contributed by atoms with Crippen molar-refractivity contribution < 1.29 is 19.5 Å². The highest BCUT2D eigenvalue weighted by Crippen LogP contribution is 2.10. The maximum absolute atomic E-state index is 12.1. The summed E-state index contributed by atoms with van der Waals surface area (Å²) < 4.78 is 0. The molecule has 2 N–H and O–H groups in total. The highest BCUT2D eigenvalue weighted by atomic mass is 16.4. The number of aliphatic carboxylic acids is 1. The number of piperidine rings is 1. The third-order valence-corrected chi connectivity index (χ3v) is 3.54. The van der Waals surface area contributed by atoms with Gasteiger partial charge in [-0.2, -0.15) is 0 Å². The van der Waals surface area contributed by atoms with Gasteiger partial charge in [0.1, 0.15) is 0 Å². The molecule has 2 unspecified atom stereocenters. The number of nitrogens with one attached hydrogen (secondary N) is 1. The summed E-state index contributed by atoms with van der Waals surface area (Å²) in [6, 6.07) is -0.340. The summed E-state index contributed by atoms with van der Waals surface area (Å²) in [5.41, 5.74) is 0. The Morgan fingerprint density at radius 1 is 1.55 bits per heavy atom. The van der Waals surface area contributed by atoms with Crippen LogP contribution >= 0.6 is 0 Å². The van der Waals surface area contributed by atoms with Crippen LogP contribution in [0.4, 0.5) is 4.79 Å². The minimum absolute atomic E-state index is 0.0700. The molecule has 1 saturated heterocycles. The smallest absolute Gasteiger partial charge is 0.317 e. The molecule has 0 aromatic rings. The quantitative estimate of drug-likeness (QED) is 0.763. The first-order chi connectivity index (χ1) is 9.35. The second-order valence-corrected chi connectivity index (χ2v) is 5.24. The van der Waals surface area contributed by atoms with Crippen molar-refractivity contribution in [3.05, 3.63) is 0 Å². The minimum Gasteiger partial charge on any atom is -0.481 e. The SMILES string of the molecule is CCN(CC(C)C(=O)O)C(=O)NC1CCC(=O)N(C)C1. The van der Waals surface area contributed by atoms with Gasteiger partial charge in [0.15, 0.2) is 0 Å². The second kappa shape index (κ2) is 7.12. The Kier molecular flexibility index (Phi) is 5.79. The molecule has 0 spiro atoms. The predicted octanol–water partition coefficient (Wildman–Crippen LogP) is 0.359. The van der Waals surface area contributed by atoms with Crippen molar-refractivity contribution in [3.63, 3.8) is 0 Å². The van der Waals surface area contributed by atoms with E-state index < -0.39 is 11.9 Å². The average Bonchev–Trinajstić information content (AvgIpc) is 2.39. The topological polar surface area (TPSA) is 90.0 Å². The number of hydrogen-bond acceptors (Lipinski definition) is 3. The number of carboxylic acids is 1. The van der Waals surface area contributed by atoms with Crippen LogP contribution in [-0.4, -0.2) is 65.5 Å². The molecule has 0 radical (unpaired) electrons. The van der Waals surface area contributed by atoms with Gasteiger partial charge in [-0.05, 0) is 13.3 Å². The molecule has 0 aliphatic carbocycles. The van der Waals surface area contributed by atoms with Crippen LogP contribution in [0.2, 0.25) is 0 Å². The Morgan fingerprint density at radius 3 is 2.70 bits per heavy atom. The number of carbonyl (C=O) groups is 3. The predicted molar refractivity (Wildman–Crippen MR) is 73.2 cm³/mol. The highest BCUT2D eigenvalue weighted by molar-refractivity contribution is 5.78. The minimum atomic E-state index is -0.917. The van der Waals surface area contributed by atoms with Gasteiger partial charge in [0, 0.05) is 39.1 Å². The van der Waals surface area contributed by atoms with Gasteiger partial charge in [0.05, 0.1) is 5.92 Å². The van der Waals surface area contributed by atoms with Gasteiger partial charge in [-0.25, -0.2) is 4.79 Å². The molecule has 0 bridgehead atoms. The van der Waals surface area contributed by atoms with Crippen LogP contribution in [0.15, 0.2) is 0 Å². The summed E-state index contributed by atoms with van der Waals surface area (Å²) >= 11 is 0. The molecule has 3 amide bonds. The van der Waals surface area contributed by atoms with Gasteiger partial charge < -0.3 is 20.2 Å². The van der Waals surface area contributed by atoms with Crippen LogP contribution in [0.5, 0.6) is 0 Å². The number of amides is 3. The van der Waals surface area contributed by atoms with Crippen LogP contribution in [-0.2, 0) is 9.59 Å². The van der Waals surface area contributed by atoms with Crippen LogP contribution in [0, 0.1) is 5.92 Å². The van der Waals surface area contributed by atoms with Crippen molar-refractivity contribution in [2.45, 2.75) is 32.7 Å². The Balaban J connectivity index is 2.51. The van der Waals surface area contributed by atoms with E-state index in [-0.39, 0.29) is 24.5 Å². The standard InChI is InChI=1S/C13H23N3O4/c1-4-16(7-9(2)12(18)19)13(20)14-10-5-6-11(17)15(3)8-10/h9-10H,4-8H2,1-3H3,(H,14,20)(H,18,19). The molecule has 1 aliphatic heterocycles. The number of carboxylic acid groups (broad SMARTS) is 1. The fourth-order valence-electron chi connectivity index (χ4n) is 2.16. The summed E-state index contributed by atoms with van der Waals surface area (Å²) in [5, 5.41) is 11.8. The molecule has 0 aromatic heterocycles. The summed E-state index contributed by atoms with van der Waals surface area (Å²) in [6.07, 6.45) is 1.06. The van der Waals surface area contributed by atoms with E-state index in [1.54, 1.807) is 18.9 Å². The van der Waals surface area contributed by atoms with E-state index in [1.807, 2.05) is 6.92 Å². The number of rotatable bonds is 5. The Hall–Kier alpha value is -1.79. The van der Waals surface area contributed by atoms with E-state index >= 15 is 0 Å². The van der Waals surface area contributed by atoms with Crippen LogP contribution in [0.3, 0.4) is 0 Å². The molecule has 7 nitrogen and oxygen atoms in total. The molecule has 0 aromatic carbocycles. The summed E-state index contributed by atoms with van der Waals surface area (Å²) in [6.45, 7) is 4.51. The van der Waals surface area contributed by atoms with Gasteiger partial charge in [-0.1, -0.05) is 6.92 Å². The number of likely N-dealkylation sites (N-methyl/N-ethyl adjacent to an activating group) is 1. The third kappa shape index (κ3) is 4.40. The molecule has 114 valence electrons. The molecule has 1 rings (SSSR count). The Morgan fingerprint density at radius 2 is 2.20 bits per heavy atom. The molecule has 20 heavy (non-hydrogen) atoms. The number of carbonyl (C=O) groups excluding carboxylic acids is 2. The van der Waals surface area contributed by atoms with Crippen LogP contribution < -0.4 is 5.32 Å². The Labute approximate surface area is 118 Å². The van der Waals surface area contributed by atoms with Crippen LogP contribution in [0.1, 0.15) is 26.7 Å². The van der Waals surface area contributed by atoms with Crippen molar-refractivity contribution in [1.29, 1.82) is 0 Å². The first-order valence-electron chi connectivity index (χ1n) is 6.87. The zero-order chi connectivity index (χ0) is 15.3. The number of urea groups is 1. The largest absolute Gasteiger partial charge is 0.481 e. The summed E-state index contributed by atoms with van der Waals surface area (Å²) in [7, 11) is 1.71. The summed E-state index contributed by atoms with van der Waals surface area (Å²) in [5.74, 6) is -1.43. The van der Waals surface area contributed by atoms with Crippen molar-refractivity contribution >= 4 is 17.9 Å². The normalized spacial score (nSPS) is 20.4. The van der Waals surface area contributed by atoms with Gasteiger partial charge in [-0.15, -0.1) is 0 Å². The number of hydrogen-bond donors (Lipinski definition) is 2. The molecular weight excluding hydrogens is 262 g/mol.